The maximum atomic E-state index is 13.1. The fourth-order valence-electron chi connectivity index (χ4n) is 3.85. The molecule has 12 heteroatoms. The molecule has 0 saturated carbocycles. The average molecular weight is 484 g/mol. The number of phosphoric acid groups is 1. The highest BCUT2D eigenvalue weighted by molar-refractivity contribution is 7.48. The SMILES string of the molecule is C#C[C@]1(C)[C@@H]2O[P@](=O)(OCCC(CC)C(=O)OC(C)C)OC[C@H]2O[C@H]1n1ccc(=O)[nH]c1=O. The van der Waals surface area contributed by atoms with E-state index in [0.717, 1.165) is 4.57 Å². The summed E-state index contributed by atoms with van der Waals surface area (Å²) in [6, 6.07) is 1.17. The summed E-state index contributed by atoms with van der Waals surface area (Å²) < 4.78 is 41.9. The van der Waals surface area contributed by atoms with Gasteiger partial charge in [0.2, 0.25) is 0 Å². The third kappa shape index (κ3) is 5.31. The lowest BCUT2D eigenvalue weighted by molar-refractivity contribution is -0.153. The summed E-state index contributed by atoms with van der Waals surface area (Å²) in [4.78, 5) is 38.0. The number of aromatic nitrogens is 2. The van der Waals surface area contributed by atoms with Gasteiger partial charge in [0.1, 0.15) is 17.6 Å². The highest BCUT2D eigenvalue weighted by Gasteiger charge is 2.60. The first-order valence-electron chi connectivity index (χ1n) is 10.8. The molecule has 1 N–H and O–H groups in total. The smallest absolute Gasteiger partial charge is 0.463 e. The Bertz CT molecular complexity index is 1070. The molecule has 1 aromatic rings. The van der Waals surface area contributed by atoms with Crippen LogP contribution in [0.4, 0.5) is 0 Å². The van der Waals surface area contributed by atoms with Crippen molar-refractivity contribution in [1.29, 1.82) is 0 Å². The molecule has 0 amide bonds. The predicted molar refractivity (Wildman–Crippen MR) is 116 cm³/mol. The molecule has 2 saturated heterocycles. The third-order valence-corrected chi connectivity index (χ3v) is 7.14. The zero-order valence-electron chi connectivity index (χ0n) is 19.0. The third-order valence-electron chi connectivity index (χ3n) is 5.69. The second kappa shape index (κ2) is 9.95. The number of H-pyrrole nitrogens is 1. The number of nitrogens with zero attached hydrogens (tertiary/aromatic N) is 1. The van der Waals surface area contributed by atoms with Crippen molar-refractivity contribution in [2.24, 2.45) is 11.3 Å². The van der Waals surface area contributed by atoms with Gasteiger partial charge in [0.25, 0.3) is 5.56 Å². The van der Waals surface area contributed by atoms with E-state index in [0.29, 0.717) is 6.42 Å². The first-order valence-corrected chi connectivity index (χ1v) is 12.2. The monoisotopic (exact) mass is 484 g/mol. The van der Waals surface area contributed by atoms with Crippen molar-refractivity contribution >= 4 is 13.8 Å². The lowest BCUT2D eigenvalue weighted by Crippen LogP contribution is -2.43. The van der Waals surface area contributed by atoms with Crippen molar-refractivity contribution in [2.45, 2.75) is 65.1 Å². The molecule has 0 aliphatic carbocycles. The summed E-state index contributed by atoms with van der Waals surface area (Å²) in [5, 5.41) is 0. The molecule has 1 aromatic heterocycles. The number of ether oxygens (including phenoxy) is 2. The molecule has 2 fully saturated rings. The summed E-state index contributed by atoms with van der Waals surface area (Å²) in [5.74, 6) is 1.82. The zero-order valence-corrected chi connectivity index (χ0v) is 19.9. The molecule has 6 atom stereocenters. The minimum Gasteiger partial charge on any atom is -0.463 e. The molecular formula is C21H29N2O9P. The van der Waals surface area contributed by atoms with Crippen LogP contribution < -0.4 is 11.2 Å². The van der Waals surface area contributed by atoms with Crippen LogP contribution in [0.25, 0.3) is 0 Å². The standard InChI is InChI=1S/C21H29N2O9P/c1-6-14(18(25)30-13(3)4)9-11-28-33(27)29-12-15-17(32-33)21(5,7-2)19(31-15)23-10-8-16(24)22-20(23)26/h2,8,10,13-15,17,19H,6,9,11-12H2,1,3-5H3,(H,22,24,26)/t14?,15-,17-,19-,21-,33-/m1/s1. The molecule has 2 aliphatic rings. The first-order chi connectivity index (χ1) is 15.5. The number of terminal acetylenes is 1. The summed E-state index contributed by atoms with van der Waals surface area (Å²) in [7, 11) is -4.01. The number of carbonyl (C=O) groups excluding carboxylic acids is 1. The van der Waals surface area contributed by atoms with Crippen LogP contribution in [0.2, 0.25) is 0 Å². The van der Waals surface area contributed by atoms with Crippen LogP contribution in [-0.4, -0.2) is 47.0 Å². The quantitative estimate of drug-likeness (QED) is 0.334. The lowest BCUT2D eigenvalue weighted by atomic mass is 9.83. The van der Waals surface area contributed by atoms with Crippen molar-refractivity contribution in [1.82, 2.24) is 9.55 Å². The van der Waals surface area contributed by atoms with E-state index in [2.05, 4.69) is 10.9 Å². The molecule has 0 aromatic carbocycles. The number of carbonyl (C=O) groups is 1. The topological polar surface area (TPSA) is 135 Å². The van der Waals surface area contributed by atoms with E-state index in [-0.39, 0.29) is 31.7 Å². The number of phosphoric ester groups is 1. The van der Waals surface area contributed by atoms with E-state index < -0.39 is 48.8 Å². The van der Waals surface area contributed by atoms with Gasteiger partial charge in [0.05, 0.1) is 25.2 Å². The van der Waals surface area contributed by atoms with Gasteiger partial charge in [-0.25, -0.2) is 9.36 Å². The van der Waals surface area contributed by atoms with E-state index in [1.165, 1.54) is 12.3 Å². The zero-order chi connectivity index (χ0) is 24.4. The fraction of sp³-hybridized carbons (Fsp3) is 0.667. The second-order valence-electron chi connectivity index (χ2n) is 8.45. The minimum atomic E-state index is -4.01. The predicted octanol–water partition coefficient (Wildman–Crippen LogP) is 1.98. The van der Waals surface area contributed by atoms with Gasteiger partial charge in [0.15, 0.2) is 6.23 Å². The summed E-state index contributed by atoms with van der Waals surface area (Å²) >= 11 is 0. The van der Waals surface area contributed by atoms with Crippen LogP contribution in [0.1, 0.15) is 46.8 Å². The fourth-order valence-corrected chi connectivity index (χ4v) is 5.34. The van der Waals surface area contributed by atoms with Gasteiger partial charge in [-0.05, 0) is 33.6 Å². The number of esters is 1. The van der Waals surface area contributed by atoms with Gasteiger partial charge in [-0.1, -0.05) is 12.8 Å². The molecule has 2 aliphatic heterocycles. The Morgan fingerprint density at radius 2 is 2.18 bits per heavy atom. The molecule has 0 bridgehead atoms. The molecule has 3 rings (SSSR count). The largest absolute Gasteiger partial charge is 0.475 e. The summed E-state index contributed by atoms with van der Waals surface area (Å²) in [5.41, 5.74) is -2.48. The molecule has 3 heterocycles. The van der Waals surface area contributed by atoms with Crippen LogP contribution >= 0.6 is 7.82 Å². The van der Waals surface area contributed by atoms with Crippen molar-refractivity contribution < 1.29 is 32.4 Å². The molecular weight excluding hydrogens is 455 g/mol. The normalized spacial score (nSPS) is 32.2. The number of aromatic amines is 1. The van der Waals surface area contributed by atoms with Crippen LogP contribution in [-0.2, 0) is 32.4 Å². The molecule has 182 valence electrons. The Morgan fingerprint density at radius 1 is 1.45 bits per heavy atom. The summed E-state index contributed by atoms with van der Waals surface area (Å²) in [6.45, 7) is 6.81. The van der Waals surface area contributed by atoms with Crippen molar-refractivity contribution in [2.75, 3.05) is 13.2 Å². The van der Waals surface area contributed by atoms with Crippen LogP contribution in [0.15, 0.2) is 21.9 Å². The highest BCUT2D eigenvalue weighted by atomic mass is 31.2. The van der Waals surface area contributed by atoms with Crippen LogP contribution in [0.3, 0.4) is 0 Å². The van der Waals surface area contributed by atoms with E-state index in [1.807, 2.05) is 6.92 Å². The molecule has 0 radical (unpaired) electrons. The van der Waals surface area contributed by atoms with Gasteiger partial charge in [-0.2, -0.15) is 0 Å². The molecule has 33 heavy (non-hydrogen) atoms. The van der Waals surface area contributed by atoms with Crippen molar-refractivity contribution in [3.8, 4) is 12.3 Å². The Morgan fingerprint density at radius 3 is 2.79 bits per heavy atom. The van der Waals surface area contributed by atoms with Gasteiger partial charge < -0.3 is 9.47 Å². The van der Waals surface area contributed by atoms with Gasteiger partial charge in [-0.3, -0.25) is 32.7 Å². The van der Waals surface area contributed by atoms with Crippen LogP contribution in [0.5, 0.6) is 0 Å². The van der Waals surface area contributed by atoms with Gasteiger partial charge in [0, 0.05) is 12.3 Å². The minimum absolute atomic E-state index is 0.0587. The number of fused-ring (bicyclic) bond motifs is 1. The lowest BCUT2D eigenvalue weighted by Gasteiger charge is -2.35. The molecule has 0 spiro atoms. The Labute approximate surface area is 191 Å². The summed E-state index contributed by atoms with van der Waals surface area (Å²) in [6.07, 6.45) is 5.01. The van der Waals surface area contributed by atoms with Gasteiger partial charge in [-0.15, -0.1) is 6.42 Å². The Balaban J connectivity index is 1.71. The van der Waals surface area contributed by atoms with Crippen LogP contribution in [0, 0.1) is 23.7 Å². The number of hydrogen-bond acceptors (Lipinski definition) is 9. The molecule has 1 unspecified atom stereocenters. The Kier molecular flexibility index (Phi) is 7.66. The van der Waals surface area contributed by atoms with E-state index >= 15 is 0 Å². The van der Waals surface area contributed by atoms with Crippen molar-refractivity contribution in [3.05, 3.63) is 33.1 Å². The number of hydrogen-bond donors (Lipinski definition) is 1. The van der Waals surface area contributed by atoms with E-state index in [4.69, 9.17) is 29.5 Å². The van der Waals surface area contributed by atoms with Crippen molar-refractivity contribution in [3.63, 3.8) is 0 Å². The Hall–Kier alpha value is -2.22. The van der Waals surface area contributed by atoms with E-state index in [1.54, 1.807) is 20.8 Å². The maximum absolute atomic E-state index is 13.1. The average Bonchev–Trinajstić information content (AvgIpc) is 3.03. The number of nitrogens with one attached hydrogen (secondary N) is 1. The number of rotatable bonds is 8. The highest BCUT2D eigenvalue weighted by Crippen LogP contribution is 2.60. The van der Waals surface area contributed by atoms with E-state index in [9.17, 15) is 18.9 Å². The van der Waals surface area contributed by atoms with Gasteiger partial charge >= 0.3 is 19.5 Å². The second-order valence-corrected chi connectivity index (χ2v) is 10.1. The molecule has 11 nitrogen and oxygen atoms in total. The first kappa shape index (κ1) is 25.4. The maximum Gasteiger partial charge on any atom is 0.475 e.